The average Bonchev–Trinajstić information content (AvgIpc) is 2.79. The van der Waals surface area contributed by atoms with Gasteiger partial charge in [0.2, 0.25) is 0 Å². The topological polar surface area (TPSA) is 81.3 Å². The van der Waals surface area contributed by atoms with Crippen LogP contribution in [0.25, 0.3) is 0 Å². The lowest BCUT2D eigenvalue weighted by Gasteiger charge is -2.31. The molecule has 3 aromatic carbocycles. The number of anilines is 4. The van der Waals surface area contributed by atoms with E-state index in [1.165, 1.54) is 0 Å². The van der Waals surface area contributed by atoms with Crippen LogP contribution in [0.4, 0.5) is 22.7 Å². The number of nitrogens with two attached hydrogens (primary N) is 3. The summed E-state index contributed by atoms with van der Waals surface area (Å²) in [6, 6.07) is 25.0. The van der Waals surface area contributed by atoms with Crippen LogP contribution in [0.2, 0.25) is 0 Å². The van der Waals surface area contributed by atoms with Crippen molar-refractivity contribution in [3.63, 3.8) is 0 Å². The highest BCUT2D eigenvalue weighted by Crippen LogP contribution is 2.38. The summed E-state index contributed by atoms with van der Waals surface area (Å²) < 4.78 is 0. The van der Waals surface area contributed by atoms with Crippen molar-refractivity contribution in [2.24, 2.45) is 11.5 Å². The first-order valence-corrected chi connectivity index (χ1v) is 11.6. The molecule has 0 saturated heterocycles. The summed E-state index contributed by atoms with van der Waals surface area (Å²) in [5.74, 6) is 0. The summed E-state index contributed by atoms with van der Waals surface area (Å²) in [6.45, 7) is 8.51. The van der Waals surface area contributed by atoms with Gasteiger partial charge in [-0.05, 0) is 86.3 Å². The van der Waals surface area contributed by atoms with Gasteiger partial charge in [0, 0.05) is 33.8 Å². The van der Waals surface area contributed by atoms with E-state index in [0.717, 1.165) is 59.6 Å². The Balaban J connectivity index is 2.13. The van der Waals surface area contributed by atoms with Crippen LogP contribution in [0.1, 0.15) is 64.5 Å². The molecule has 6 N–H and O–H groups in total. The minimum absolute atomic E-state index is 0.376. The zero-order valence-corrected chi connectivity index (χ0v) is 19.9. The highest BCUT2D eigenvalue weighted by molar-refractivity contribution is 5.78. The monoisotopic (exact) mass is 430 g/mol. The maximum Gasteiger partial charge on any atom is 0.0465 e. The minimum Gasteiger partial charge on any atom is -0.399 e. The Hall–Kier alpha value is -2.82. The number of unbranched alkanes of at least 4 members (excludes halogenated alkanes) is 1. The number of benzene rings is 3. The molecule has 4 nitrogen and oxygen atoms in total. The number of rotatable bonds is 9. The fourth-order valence-corrected chi connectivity index (χ4v) is 3.96. The van der Waals surface area contributed by atoms with Gasteiger partial charge in [-0.3, -0.25) is 0 Å². The Morgan fingerprint density at radius 2 is 1.25 bits per heavy atom. The lowest BCUT2D eigenvalue weighted by Crippen LogP contribution is -2.33. The third-order valence-electron chi connectivity index (χ3n) is 6.46. The van der Waals surface area contributed by atoms with Gasteiger partial charge in [0.25, 0.3) is 0 Å². The van der Waals surface area contributed by atoms with E-state index in [0.29, 0.717) is 0 Å². The molecule has 0 bridgehead atoms. The minimum atomic E-state index is -0.388. The molecule has 0 spiro atoms. The molecule has 0 aliphatic carbocycles. The van der Waals surface area contributed by atoms with Gasteiger partial charge in [-0.1, -0.05) is 51.0 Å². The molecule has 170 valence electrons. The average molecular weight is 431 g/mol. The first-order chi connectivity index (χ1) is 15.2. The van der Waals surface area contributed by atoms with Gasteiger partial charge in [0.05, 0.1) is 0 Å². The molecule has 2 atom stereocenters. The fourth-order valence-electron chi connectivity index (χ4n) is 3.96. The van der Waals surface area contributed by atoms with Crippen molar-refractivity contribution < 1.29 is 0 Å². The molecular weight excluding hydrogens is 392 g/mol. The standard InChI is InChI=1S/C28H38N4/c1-5-7-18-28(4,31)22-11-9-13-26(20-22)32(24-16-14-23(29)15-17-24)25-12-8-10-21(19-25)27(3,30)6-2/h8-17,19-20H,5-7,18,29-31H2,1-4H3. The third kappa shape index (κ3) is 5.32. The molecule has 3 rings (SSSR count). The van der Waals surface area contributed by atoms with E-state index in [4.69, 9.17) is 17.2 Å². The van der Waals surface area contributed by atoms with Crippen LogP contribution in [-0.4, -0.2) is 0 Å². The lowest BCUT2D eigenvalue weighted by atomic mass is 9.87. The third-order valence-corrected chi connectivity index (χ3v) is 6.46. The number of hydrogen-bond donors (Lipinski definition) is 3. The van der Waals surface area contributed by atoms with Gasteiger partial charge >= 0.3 is 0 Å². The molecule has 0 aliphatic heterocycles. The second-order valence-electron chi connectivity index (χ2n) is 9.32. The predicted octanol–water partition coefficient (Wildman–Crippen LogP) is 6.69. The Labute approximate surface area is 193 Å². The molecule has 0 aliphatic rings. The van der Waals surface area contributed by atoms with Crippen molar-refractivity contribution in [2.75, 3.05) is 10.6 Å². The van der Waals surface area contributed by atoms with Gasteiger partial charge < -0.3 is 22.1 Å². The highest BCUT2D eigenvalue weighted by atomic mass is 15.1. The summed E-state index contributed by atoms with van der Waals surface area (Å²) in [4.78, 5) is 2.24. The van der Waals surface area contributed by atoms with Crippen molar-refractivity contribution in [3.05, 3.63) is 83.9 Å². The molecular formula is C28H38N4. The smallest absolute Gasteiger partial charge is 0.0465 e. The Morgan fingerprint density at radius 3 is 1.75 bits per heavy atom. The largest absolute Gasteiger partial charge is 0.399 e. The van der Waals surface area contributed by atoms with Crippen molar-refractivity contribution >= 4 is 22.7 Å². The van der Waals surface area contributed by atoms with E-state index in [2.05, 4.69) is 93.3 Å². The summed E-state index contributed by atoms with van der Waals surface area (Å²) in [7, 11) is 0. The Bertz CT molecular complexity index is 1020. The maximum atomic E-state index is 6.74. The molecule has 0 amide bonds. The van der Waals surface area contributed by atoms with E-state index in [1.54, 1.807) is 0 Å². The number of nitrogens with zero attached hydrogens (tertiary/aromatic N) is 1. The fraction of sp³-hybridized carbons (Fsp3) is 0.357. The summed E-state index contributed by atoms with van der Waals surface area (Å²) in [5.41, 5.74) is 24.7. The second kappa shape index (κ2) is 9.76. The Kier molecular flexibility index (Phi) is 7.27. The number of hydrogen-bond acceptors (Lipinski definition) is 4. The van der Waals surface area contributed by atoms with Crippen LogP contribution in [0.15, 0.2) is 72.8 Å². The van der Waals surface area contributed by atoms with Crippen molar-refractivity contribution in [3.8, 4) is 0 Å². The molecule has 32 heavy (non-hydrogen) atoms. The Morgan fingerprint density at radius 1 is 0.719 bits per heavy atom. The van der Waals surface area contributed by atoms with Gasteiger partial charge in [-0.15, -0.1) is 0 Å². The van der Waals surface area contributed by atoms with Crippen LogP contribution in [0.5, 0.6) is 0 Å². The van der Waals surface area contributed by atoms with E-state index < -0.39 is 0 Å². The second-order valence-corrected chi connectivity index (χ2v) is 9.32. The van der Waals surface area contributed by atoms with Crippen LogP contribution in [0, 0.1) is 0 Å². The molecule has 0 saturated carbocycles. The molecule has 0 fully saturated rings. The van der Waals surface area contributed by atoms with Gasteiger partial charge in [0.15, 0.2) is 0 Å². The van der Waals surface area contributed by atoms with E-state index in [9.17, 15) is 0 Å². The van der Waals surface area contributed by atoms with Crippen LogP contribution in [0.3, 0.4) is 0 Å². The van der Waals surface area contributed by atoms with Crippen molar-refractivity contribution in [1.29, 1.82) is 0 Å². The van der Waals surface area contributed by atoms with Gasteiger partial charge in [0.1, 0.15) is 0 Å². The normalized spacial score (nSPS) is 15.1. The SMILES string of the molecule is CCCCC(C)(N)c1cccc(N(c2ccc(N)cc2)c2cccc(C(C)(N)CC)c2)c1. The molecule has 0 aromatic heterocycles. The first-order valence-electron chi connectivity index (χ1n) is 11.6. The van der Waals surface area contributed by atoms with Gasteiger partial charge in [-0.2, -0.15) is 0 Å². The molecule has 0 radical (unpaired) electrons. The van der Waals surface area contributed by atoms with E-state index in [1.807, 2.05) is 12.1 Å². The number of nitrogen functional groups attached to an aromatic ring is 1. The molecule has 2 unspecified atom stereocenters. The molecule has 0 heterocycles. The van der Waals surface area contributed by atoms with Crippen LogP contribution < -0.4 is 22.1 Å². The molecule has 4 heteroatoms. The van der Waals surface area contributed by atoms with Crippen molar-refractivity contribution in [1.82, 2.24) is 0 Å². The highest BCUT2D eigenvalue weighted by Gasteiger charge is 2.24. The van der Waals surface area contributed by atoms with E-state index in [-0.39, 0.29) is 11.1 Å². The zero-order chi connectivity index (χ0) is 23.4. The van der Waals surface area contributed by atoms with Crippen LogP contribution in [-0.2, 0) is 11.1 Å². The van der Waals surface area contributed by atoms with Gasteiger partial charge in [-0.25, -0.2) is 0 Å². The summed E-state index contributed by atoms with van der Waals surface area (Å²) in [5, 5.41) is 0. The lowest BCUT2D eigenvalue weighted by molar-refractivity contribution is 0.433. The summed E-state index contributed by atoms with van der Waals surface area (Å²) >= 11 is 0. The first kappa shape index (κ1) is 23.8. The van der Waals surface area contributed by atoms with Crippen LogP contribution >= 0.6 is 0 Å². The summed E-state index contributed by atoms with van der Waals surface area (Å²) in [6.07, 6.45) is 4.04. The quantitative estimate of drug-likeness (QED) is 0.330. The predicted molar refractivity (Wildman–Crippen MR) is 138 cm³/mol. The van der Waals surface area contributed by atoms with E-state index >= 15 is 0 Å². The zero-order valence-electron chi connectivity index (χ0n) is 19.9. The van der Waals surface area contributed by atoms with Crippen molar-refractivity contribution in [2.45, 2.75) is 64.5 Å². The maximum absolute atomic E-state index is 6.74. The molecule has 3 aromatic rings.